The van der Waals surface area contributed by atoms with Crippen LogP contribution in [0.4, 0.5) is 0 Å². The number of nitrogens with one attached hydrogen (secondary N) is 2. The van der Waals surface area contributed by atoms with Crippen LogP contribution in [0.25, 0.3) is 10.9 Å². The second kappa shape index (κ2) is 12.4. The number of fused-ring (bicyclic) bond motifs is 1. The Balaban J connectivity index is 0.000000237. The van der Waals surface area contributed by atoms with E-state index in [0.717, 1.165) is 22.0 Å². The maximum atomic E-state index is 11.0. The minimum absolute atomic E-state index is 0.347. The van der Waals surface area contributed by atoms with Crippen LogP contribution >= 0.6 is 0 Å². The fraction of sp³-hybridized carbons (Fsp3) is 0.292. The molecule has 0 spiro atoms. The third kappa shape index (κ3) is 8.06. The molecule has 3 atom stereocenters. The molecule has 0 aliphatic rings. The minimum Gasteiger partial charge on any atom is -0.480 e. The SMILES string of the molecule is C[C@@H](N[C@@H](CCc1ccccc1)C(=O)O)C(=O)O.N[C@@H](Cc1c[nH]c2ccccc12)C(=O)O. The van der Waals surface area contributed by atoms with Crippen molar-refractivity contribution >= 4 is 28.8 Å². The number of aromatic amines is 1. The highest BCUT2D eigenvalue weighted by Crippen LogP contribution is 2.18. The van der Waals surface area contributed by atoms with E-state index in [2.05, 4.69) is 10.3 Å². The smallest absolute Gasteiger partial charge is 0.320 e. The largest absolute Gasteiger partial charge is 0.480 e. The molecular formula is C24H29N3O6. The molecule has 0 fully saturated rings. The molecule has 0 saturated heterocycles. The monoisotopic (exact) mass is 455 g/mol. The molecule has 0 aliphatic carbocycles. The molecule has 9 nitrogen and oxygen atoms in total. The Labute approximate surface area is 191 Å². The number of aromatic nitrogens is 1. The predicted molar refractivity (Wildman–Crippen MR) is 124 cm³/mol. The molecule has 3 aromatic rings. The summed E-state index contributed by atoms with van der Waals surface area (Å²) in [4.78, 5) is 35.4. The molecule has 0 amide bonds. The van der Waals surface area contributed by atoms with Gasteiger partial charge in [-0.05, 0) is 37.0 Å². The van der Waals surface area contributed by atoms with E-state index in [4.69, 9.17) is 21.1 Å². The lowest BCUT2D eigenvalue weighted by atomic mass is 10.0. The van der Waals surface area contributed by atoms with Crippen LogP contribution in [-0.2, 0) is 27.2 Å². The second-order valence-corrected chi connectivity index (χ2v) is 7.65. The minimum atomic E-state index is -1.05. The van der Waals surface area contributed by atoms with Crippen molar-refractivity contribution in [1.29, 1.82) is 0 Å². The first kappa shape index (κ1) is 25.6. The number of aryl methyl sites for hydroxylation is 1. The Morgan fingerprint density at radius 2 is 1.58 bits per heavy atom. The molecular weight excluding hydrogens is 426 g/mol. The van der Waals surface area contributed by atoms with Crippen LogP contribution in [0.1, 0.15) is 24.5 Å². The van der Waals surface area contributed by atoms with Gasteiger partial charge in [-0.15, -0.1) is 0 Å². The van der Waals surface area contributed by atoms with Crippen molar-refractivity contribution in [2.45, 2.75) is 44.3 Å². The number of nitrogens with two attached hydrogens (primary N) is 1. The van der Waals surface area contributed by atoms with Gasteiger partial charge in [-0.2, -0.15) is 0 Å². The van der Waals surface area contributed by atoms with E-state index < -0.39 is 36.0 Å². The molecule has 3 rings (SSSR count). The standard InChI is InChI=1S/C13H17NO4.C11H12N2O2/c1-9(12(15)16)14-11(13(17)18)8-7-10-5-3-2-4-6-10;12-9(11(14)15)5-7-6-13-10-4-2-1-3-8(7)10/h2-6,9,11,14H,7-8H2,1H3,(H,15,16)(H,17,18);1-4,6,9,13H,5,12H2,(H,14,15)/t9-,11+;9-/m10/s1. The van der Waals surface area contributed by atoms with E-state index in [1.807, 2.05) is 60.8 Å². The number of carbonyl (C=O) groups is 3. The fourth-order valence-corrected chi connectivity index (χ4v) is 3.23. The molecule has 33 heavy (non-hydrogen) atoms. The summed E-state index contributed by atoms with van der Waals surface area (Å²) < 4.78 is 0. The van der Waals surface area contributed by atoms with Gasteiger partial charge >= 0.3 is 17.9 Å². The second-order valence-electron chi connectivity index (χ2n) is 7.65. The third-order valence-corrected chi connectivity index (χ3v) is 5.12. The van der Waals surface area contributed by atoms with Crippen LogP contribution in [0.2, 0.25) is 0 Å². The van der Waals surface area contributed by atoms with Gasteiger partial charge < -0.3 is 26.0 Å². The van der Waals surface area contributed by atoms with Crippen LogP contribution < -0.4 is 11.1 Å². The van der Waals surface area contributed by atoms with Crippen molar-refractivity contribution in [3.63, 3.8) is 0 Å². The van der Waals surface area contributed by atoms with Gasteiger partial charge in [0.25, 0.3) is 0 Å². The Morgan fingerprint density at radius 1 is 0.939 bits per heavy atom. The van der Waals surface area contributed by atoms with Gasteiger partial charge in [0.15, 0.2) is 0 Å². The number of carboxylic acids is 3. The zero-order chi connectivity index (χ0) is 24.4. The van der Waals surface area contributed by atoms with Gasteiger partial charge in [0.2, 0.25) is 0 Å². The van der Waals surface area contributed by atoms with Crippen LogP contribution in [0, 0.1) is 0 Å². The molecule has 0 radical (unpaired) electrons. The zero-order valence-corrected chi connectivity index (χ0v) is 18.3. The van der Waals surface area contributed by atoms with Crippen LogP contribution in [0.3, 0.4) is 0 Å². The highest BCUT2D eigenvalue weighted by molar-refractivity contribution is 5.84. The van der Waals surface area contributed by atoms with Crippen molar-refractivity contribution in [2.24, 2.45) is 5.73 Å². The highest BCUT2D eigenvalue weighted by Gasteiger charge is 2.22. The van der Waals surface area contributed by atoms with E-state index in [1.54, 1.807) is 0 Å². The molecule has 0 saturated carbocycles. The van der Waals surface area contributed by atoms with Gasteiger partial charge in [-0.3, -0.25) is 19.7 Å². The first-order valence-corrected chi connectivity index (χ1v) is 10.5. The lowest BCUT2D eigenvalue weighted by Crippen LogP contribution is -2.45. The Kier molecular flexibility index (Phi) is 9.59. The summed E-state index contributed by atoms with van der Waals surface area (Å²) in [5.74, 6) is -3.06. The number of carboxylic acid groups (broad SMARTS) is 3. The lowest BCUT2D eigenvalue weighted by molar-refractivity contribution is -0.142. The maximum absolute atomic E-state index is 11.0. The van der Waals surface area contributed by atoms with Crippen molar-refractivity contribution in [1.82, 2.24) is 10.3 Å². The van der Waals surface area contributed by atoms with E-state index in [9.17, 15) is 14.4 Å². The number of H-pyrrole nitrogens is 1. The van der Waals surface area contributed by atoms with Crippen LogP contribution in [0.15, 0.2) is 60.8 Å². The lowest BCUT2D eigenvalue weighted by Gasteiger charge is -2.17. The van der Waals surface area contributed by atoms with Crippen molar-refractivity contribution in [3.8, 4) is 0 Å². The number of rotatable bonds is 10. The predicted octanol–water partition coefficient (Wildman–Crippen LogP) is 2.26. The molecule has 0 aliphatic heterocycles. The summed E-state index contributed by atoms with van der Waals surface area (Å²) in [7, 11) is 0. The summed E-state index contributed by atoms with van der Waals surface area (Å²) in [6.45, 7) is 1.43. The number of hydrogen-bond acceptors (Lipinski definition) is 5. The van der Waals surface area contributed by atoms with Gasteiger partial charge in [0.1, 0.15) is 18.1 Å². The summed E-state index contributed by atoms with van der Waals surface area (Å²) in [5.41, 5.74) is 8.47. The Bertz CT molecular complexity index is 1070. The molecule has 176 valence electrons. The molecule has 2 aromatic carbocycles. The maximum Gasteiger partial charge on any atom is 0.320 e. The molecule has 9 heteroatoms. The van der Waals surface area contributed by atoms with Gasteiger partial charge in [-0.25, -0.2) is 0 Å². The first-order chi connectivity index (χ1) is 15.7. The number of aliphatic carboxylic acids is 3. The van der Waals surface area contributed by atoms with E-state index in [0.29, 0.717) is 19.3 Å². The van der Waals surface area contributed by atoms with Gasteiger partial charge in [0, 0.05) is 23.5 Å². The number of hydrogen-bond donors (Lipinski definition) is 6. The van der Waals surface area contributed by atoms with Gasteiger partial charge in [-0.1, -0.05) is 48.5 Å². The summed E-state index contributed by atoms with van der Waals surface area (Å²) in [5, 5.41) is 30.1. The molecule has 0 bridgehead atoms. The Hall–Kier alpha value is -3.69. The van der Waals surface area contributed by atoms with E-state index >= 15 is 0 Å². The summed E-state index contributed by atoms with van der Waals surface area (Å²) >= 11 is 0. The van der Waals surface area contributed by atoms with E-state index in [1.165, 1.54) is 6.92 Å². The molecule has 1 heterocycles. The topological polar surface area (TPSA) is 166 Å². The van der Waals surface area contributed by atoms with E-state index in [-0.39, 0.29) is 0 Å². The first-order valence-electron chi connectivity index (χ1n) is 10.5. The summed E-state index contributed by atoms with van der Waals surface area (Å²) in [6.07, 6.45) is 3.11. The quantitative estimate of drug-likeness (QED) is 0.271. The molecule has 7 N–H and O–H groups in total. The third-order valence-electron chi connectivity index (χ3n) is 5.12. The normalized spacial score (nSPS) is 13.4. The Morgan fingerprint density at radius 3 is 2.18 bits per heavy atom. The van der Waals surface area contributed by atoms with Crippen LogP contribution in [0.5, 0.6) is 0 Å². The number of benzene rings is 2. The summed E-state index contributed by atoms with van der Waals surface area (Å²) in [6, 6.07) is 14.7. The fourth-order valence-electron chi connectivity index (χ4n) is 3.23. The molecule has 1 aromatic heterocycles. The number of para-hydroxylation sites is 1. The van der Waals surface area contributed by atoms with Crippen LogP contribution in [-0.4, -0.2) is 56.3 Å². The van der Waals surface area contributed by atoms with Crippen molar-refractivity contribution in [3.05, 3.63) is 71.9 Å². The molecule has 0 unspecified atom stereocenters. The highest BCUT2D eigenvalue weighted by atomic mass is 16.4. The average molecular weight is 456 g/mol. The van der Waals surface area contributed by atoms with Crippen molar-refractivity contribution < 1.29 is 29.7 Å². The zero-order valence-electron chi connectivity index (χ0n) is 18.3. The van der Waals surface area contributed by atoms with Crippen molar-refractivity contribution in [2.75, 3.05) is 0 Å². The average Bonchev–Trinajstić information content (AvgIpc) is 3.20. The van der Waals surface area contributed by atoms with Gasteiger partial charge in [0.05, 0.1) is 0 Å².